The van der Waals surface area contributed by atoms with E-state index < -0.39 is 29.5 Å². The first-order chi connectivity index (χ1) is 13.5. The van der Waals surface area contributed by atoms with E-state index in [2.05, 4.69) is 10.2 Å². The monoisotopic (exact) mass is 414 g/mol. The molecule has 0 aliphatic heterocycles. The lowest BCUT2D eigenvalue weighted by molar-refractivity contribution is -0.362. The van der Waals surface area contributed by atoms with Crippen LogP contribution in [-0.2, 0) is 6.42 Å². The zero-order chi connectivity index (χ0) is 20.8. The lowest BCUT2D eigenvalue weighted by Gasteiger charge is -2.54. The molecule has 0 saturated heterocycles. The number of halogens is 5. The Morgan fingerprint density at radius 3 is 2.59 bits per heavy atom. The highest BCUT2D eigenvalue weighted by Crippen LogP contribution is 2.68. The van der Waals surface area contributed by atoms with Crippen molar-refractivity contribution in [2.24, 2.45) is 17.3 Å². The van der Waals surface area contributed by atoms with Gasteiger partial charge in [-0.2, -0.15) is 27.1 Å². The molecule has 0 amide bonds. The van der Waals surface area contributed by atoms with Crippen LogP contribution in [0.2, 0.25) is 0 Å². The van der Waals surface area contributed by atoms with Gasteiger partial charge >= 0.3 is 12.1 Å². The highest BCUT2D eigenvalue weighted by molar-refractivity contribution is 5.83. The standard InChI is InChI=1S/C21H23F5N2O/c1-18-8-6-13-11-4-5-17-15(10-27-28-17)12(11)2-3-14(13)16(18)7-9-19(18,29)20(22,23)21(24,25)26/h4-5,10,13-14,16,29H,2-3,6-9H2,1H3,(H,27,28). The van der Waals surface area contributed by atoms with E-state index in [0.717, 1.165) is 29.3 Å². The van der Waals surface area contributed by atoms with Crippen LogP contribution in [0.15, 0.2) is 18.3 Å². The van der Waals surface area contributed by atoms with Gasteiger partial charge in [0.1, 0.15) is 5.60 Å². The van der Waals surface area contributed by atoms with Crippen molar-refractivity contribution in [2.75, 3.05) is 0 Å². The molecule has 0 radical (unpaired) electrons. The number of aromatic amines is 1. The molecule has 1 aromatic heterocycles. The Hall–Kier alpha value is -1.70. The minimum atomic E-state index is -5.76. The van der Waals surface area contributed by atoms with Crippen LogP contribution in [0, 0.1) is 17.3 Å². The third kappa shape index (κ3) is 2.24. The van der Waals surface area contributed by atoms with Crippen molar-refractivity contribution in [3.63, 3.8) is 0 Å². The molecule has 0 spiro atoms. The molecule has 5 atom stereocenters. The molecule has 5 unspecified atom stereocenters. The maximum atomic E-state index is 14.5. The van der Waals surface area contributed by atoms with Crippen molar-refractivity contribution in [1.82, 2.24) is 10.2 Å². The molecule has 0 bridgehead atoms. The summed E-state index contributed by atoms with van der Waals surface area (Å²) in [5, 5.41) is 18.9. The zero-order valence-electron chi connectivity index (χ0n) is 16.0. The quantitative estimate of drug-likeness (QED) is 0.619. The molecular formula is C21H23F5N2O. The SMILES string of the molecule is CC12CCC3c4ccc5[nH]ncc5c4CCC3C1CCC2(O)C(F)(F)C(F)(F)F. The van der Waals surface area contributed by atoms with Crippen LogP contribution in [0.4, 0.5) is 22.0 Å². The van der Waals surface area contributed by atoms with Gasteiger partial charge in [-0.3, -0.25) is 5.10 Å². The lowest BCUT2D eigenvalue weighted by Crippen LogP contribution is -2.65. The fraction of sp³-hybridized carbons (Fsp3) is 0.667. The average Bonchev–Trinajstić information content (AvgIpc) is 3.24. The van der Waals surface area contributed by atoms with E-state index in [1.807, 2.05) is 12.1 Å². The van der Waals surface area contributed by atoms with Crippen LogP contribution in [0.1, 0.15) is 56.1 Å². The molecule has 5 rings (SSSR count). The number of nitrogens with zero attached hydrogens (tertiary/aromatic N) is 1. The molecule has 1 aromatic carbocycles. The number of nitrogens with one attached hydrogen (secondary N) is 1. The summed E-state index contributed by atoms with van der Waals surface area (Å²) in [6.45, 7) is 1.45. The molecule has 3 aliphatic rings. The van der Waals surface area contributed by atoms with Crippen molar-refractivity contribution in [2.45, 2.75) is 69.1 Å². The second-order valence-corrected chi connectivity index (χ2v) is 9.31. The lowest BCUT2D eigenvalue weighted by atomic mass is 9.52. The number of benzene rings is 1. The van der Waals surface area contributed by atoms with Gasteiger partial charge in [0, 0.05) is 10.8 Å². The minimum Gasteiger partial charge on any atom is -0.383 e. The molecule has 2 saturated carbocycles. The Bertz CT molecular complexity index is 970. The molecule has 158 valence electrons. The number of H-pyrrole nitrogens is 1. The predicted octanol–water partition coefficient (Wildman–Crippen LogP) is 5.35. The van der Waals surface area contributed by atoms with Gasteiger partial charge in [0.05, 0.1) is 11.7 Å². The second-order valence-electron chi connectivity index (χ2n) is 9.31. The van der Waals surface area contributed by atoms with Crippen molar-refractivity contribution in [1.29, 1.82) is 0 Å². The van der Waals surface area contributed by atoms with E-state index in [0.29, 0.717) is 6.42 Å². The summed E-state index contributed by atoms with van der Waals surface area (Å²) in [5.74, 6) is -5.35. The molecule has 29 heavy (non-hydrogen) atoms. The Balaban J connectivity index is 1.54. The minimum absolute atomic E-state index is 0.00339. The first kappa shape index (κ1) is 19.3. The van der Waals surface area contributed by atoms with Crippen LogP contribution >= 0.6 is 0 Å². The summed E-state index contributed by atoms with van der Waals surface area (Å²) < 4.78 is 68.5. The van der Waals surface area contributed by atoms with E-state index in [1.165, 1.54) is 12.5 Å². The topological polar surface area (TPSA) is 48.9 Å². The largest absolute Gasteiger partial charge is 0.456 e. The normalized spacial score (nSPS) is 37.3. The number of rotatable bonds is 1. The first-order valence-corrected chi connectivity index (χ1v) is 10.1. The smallest absolute Gasteiger partial charge is 0.383 e. The summed E-state index contributed by atoms with van der Waals surface area (Å²) in [4.78, 5) is 0. The van der Waals surface area contributed by atoms with Gasteiger partial charge in [-0.05, 0) is 73.5 Å². The average molecular weight is 414 g/mol. The van der Waals surface area contributed by atoms with E-state index in [1.54, 1.807) is 6.20 Å². The second kappa shape index (κ2) is 5.71. The summed E-state index contributed by atoms with van der Waals surface area (Å²) >= 11 is 0. The van der Waals surface area contributed by atoms with Crippen molar-refractivity contribution in [3.05, 3.63) is 29.5 Å². The number of aromatic nitrogens is 2. The summed E-state index contributed by atoms with van der Waals surface area (Å²) in [6.07, 6.45) is -2.15. The van der Waals surface area contributed by atoms with Gasteiger partial charge in [-0.1, -0.05) is 13.0 Å². The maximum absolute atomic E-state index is 14.5. The maximum Gasteiger partial charge on any atom is 0.456 e. The molecule has 8 heteroatoms. The zero-order valence-corrected chi connectivity index (χ0v) is 16.0. The Kier molecular flexibility index (Phi) is 3.79. The summed E-state index contributed by atoms with van der Waals surface area (Å²) in [7, 11) is 0. The highest BCUT2D eigenvalue weighted by atomic mass is 19.4. The molecular weight excluding hydrogens is 391 g/mol. The van der Waals surface area contributed by atoms with E-state index >= 15 is 0 Å². The fourth-order valence-corrected chi connectivity index (χ4v) is 6.87. The number of aliphatic hydroxyl groups is 1. The van der Waals surface area contributed by atoms with Gasteiger partial charge in [-0.25, -0.2) is 0 Å². The van der Waals surface area contributed by atoms with Crippen LogP contribution < -0.4 is 0 Å². The van der Waals surface area contributed by atoms with Crippen molar-refractivity contribution < 1.29 is 27.1 Å². The number of aryl methyl sites for hydroxylation is 1. The van der Waals surface area contributed by atoms with Crippen molar-refractivity contribution >= 4 is 10.9 Å². The predicted molar refractivity (Wildman–Crippen MR) is 96.7 cm³/mol. The molecule has 3 nitrogen and oxygen atoms in total. The Morgan fingerprint density at radius 2 is 1.86 bits per heavy atom. The molecule has 2 aromatic rings. The van der Waals surface area contributed by atoms with Crippen LogP contribution in [-0.4, -0.2) is 33.0 Å². The van der Waals surface area contributed by atoms with Gasteiger partial charge in [0.15, 0.2) is 0 Å². The number of alkyl halides is 5. The van der Waals surface area contributed by atoms with Crippen LogP contribution in [0.3, 0.4) is 0 Å². The van der Waals surface area contributed by atoms with Gasteiger partial charge in [0.2, 0.25) is 0 Å². The molecule has 2 N–H and O–H groups in total. The number of hydrogen-bond acceptors (Lipinski definition) is 2. The number of hydrogen-bond donors (Lipinski definition) is 2. The first-order valence-electron chi connectivity index (χ1n) is 10.1. The summed E-state index contributed by atoms with van der Waals surface area (Å²) in [5.41, 5.74) is -1.19. The molecule has 1 heterocycles. The third-order valence-electron chi connectivity index (χ3n) is 8.36. The van der Waals surface area contributed by atoms with Gasteiger partial charge in [-0.15, -0.1) is 0 Å². The molecule has 3 aliphatic carbocycles. The van der Waals surface area contributed by atoms with Crippen LogP contribution in [0.5, 0.6) is 0 Å². The number of fused-ring (bicyclic) bond motifs is 7. The molecule has 2 fully saturated rings. The summed E-state index contributed by atoms with van der Waals surface area (Å²) in [6, 6.07) is 4.00. The van der Waals surface area contributed by atoms with E-state index in [-0.39, 0.29) is 30.6 Å². The third-order valence-corrected chi connectivity index (χ3v) is 8.36. The van der Waals surface area contributed by atoms with Crippen LogP contribution in [0.25, 0.3) is 10.9 Å². The van der Waals surface area contributed by atoms with Crippen molar-refractivity contribution in [3.8, 4) is 0 Å². The van der Waals surface area contributed by atoms with Gasteiger partial charge in [0.25, 0.3) is 0 Å². The van der Waals surface area contributed by atoms with E-state index in [4.69, 9.17) is 0 Å². The Morgan fingerprint density at radius 1 is 1.10 bits per heavy atom. The van der Waals surface area contributed by atoms with Gasteiger partial charge < -0.3 is 5.11 Å². The Labute approximate surface area is 164 Å². The highest BCUT2D eigenvalue weighted by Gasteiger charge is 2.78. The fourth-order valence-electron chi connectivity index (χ4n) is 6.87. The van der Waals surface area contributed by atoms with E-state index in [9.17, 15) is 27.1 Å².